The van der Waals surface area contributed by atoms with Gasteiger partial charge in [-0.25, -0.2) is 4.79 Å². The van der Waals surface area contributed by atoms with Crippen LogP contribution in [0.1, 0.15) is 47.0 Å². The second-order valence-electron chi connectivity index (χ2n) is 5.43. The summed E-state index contributed by atoms with van der Waals surface area (Å²) in [5.41, 5.74) is -0.421. The average molecular weight is 228 g/mol. The first-order valence-electron chi connectivity index (χ1n) is 6.13. The number of hydrogen-bond acceptors (Lipinski definition) is 3. The van der Waals surface area contributed by atoms with E-state index in [2.05, 4.69) is 17.6 Å². The molecule has 0 aromatic heterocycles. The number of amides is 1. The second-order valence-corrected chi connectivity index (χ2v) is 5.43. The molecule has 0 heterocycles. The van der Waals surface area contributed by atoms with Crippen LogP contribution in [-0.2, 0) is 4.74 Å². The van der Waals surface area contributed by atoms with Crippen molar-refractivity contribution in [1.82, 2.24) is 10.6 Å². The van der Waals surface area contributed by atoms with E-state index in [-0.39, 0.29) is 6.09 Å². The van der Waals surface area contributed by atoms with E-state index in [0.29, 0.717) is 18.6 Å². The normalized spacial score (nSPS) is 18.0. The van der Waals surface area contributed by atoms with Gasteiger partial charge in [0.2, 0.25) is 0 Å². The fraction of sp³-hybridized carbons (Fsp3) is 0.917. The van der Waals surface area contributed by atoms with Gasteiger partial charge in [0.25, 0.3) is 0 Å². The van der Waals surface area contributed by atoms with Crippen molar-refractivity contribution in [1.29, 1.82) is 0 Å². The van der Waals surface area contributed by atoms with Crippen molar-refractivity contribution >= 4 is 6.09 Å². The van der Waals surface area contributed by atoms with Gasteiger partial charge in [0, 0.05) is 18.6 Å². The molecule has 0 aliphatic heterocycles. The van der Waals surface area contributed by atoms with Gasteiger partial charge in [-0.05, 0) is 40.0 Å². The van der Waals surface area contributed by atoms with Crippen LogP contribution in [-0.4, -0.2) is 30.3 Å². The van der Waals surface area contributed by atoms with E-state index in [1.807, 2.05) is 20.8 Å². The topological polar surface area (TPSA) is 50.4 Å². The number of alkyl carbamates (subject to hydrolysis) is 1. The highest BCUT2D eigenvalue weighted by molar-refractivity contribution is 5.67. The molecule has 1 saturated carbocycles. The summed E-state index contributed by atoms with van der Waals surface area (Å²) >= 11 is 0. The van der Waals surface area contributed by atoms with Crippen molar-refractivity contribution in [2.75, 3.05) is 6.54 Å². The Labute approximate surface area is 98.1 Å². The third-order valence-corrected chi connectivity index (χ3v) is 2.43. The molecule has 0 saturated heterocycles. The van der Waals surface area contributed by atoms with E-state index < -0.39 is 5.60 Å². The molecule has 1 aliphatic rings. The van der Waals surface area contributed by atoms with Gasteiger partial charge < -0.3 is 15.4 Å². The summed E-state index contributed by atoms with van der Waals surface area (Å²) in [4.78, 5) is 11.4. The summed E-state index contributed by atoms with van der Waals surface area (Å²) in [6.07, 6.45) is 3.22. The monoisotopic (exact) mass is 228 g/mol. The van der Waals surface area contributed by atoms with E-state index in [1.54, 1.807) is 0 Å². The molecular formula is C12H24N2O2. The third-order valence-electron chi connectivity index (χ3n) is 2.43. The first-order chi connectivity index (χ1) is 7.40. The SMILES string of the molecule is CCC(CNC(=O)OC(C)(C)C)NC1CC1. The fourth-order valence-electron chi connectivity index (χ4n) is 1.43. The van der Waals surface area contributed by atoms with Crippen molar-refractivity contribution < 1.29 is 9.53 Å². The molecule has 0 bridgehead atoms. The van der Waals surface area contributed by atoms with Crippen LogP contribution in [0.4, 0.5) is 4.79 Å². The predicted octanol–water partition coefficient (Wildman–Crippen LogP) is 2.04. The average Bonchev–Trinajstić information content (AvgIpc) is 2.92. The molecule has 1 unspecified atom stereocenters. The zero-order valence-corrected chi connectivity index (χ0v) is 10.8. The Morgan fingerprint density at radius 3 is 2.50 bits per heavy atom. The maximum Gasteiger partial charge on any atom is 0.407 e. The number of carbonyl (C=O) groups is 1. The Balaban J connectivity index is 2.17. The van der Waals surface area contributed by atoms with Crippen LogP contribution in [0, 0.1) is 0 Å². The standard InChI is InChI=1S/C12H24N2O2/c1-5-9(14-10-6-7-10)8-13-11(15)16-12(2,3)4/h9-10,14H,5-8H2,1-4H3,(H,13,15). The fourth-order valence-corrected chi connectivity index (χ4v) is 1.43. The van der Waals surface area contributed by atoms with Crippen LogP contribution < -0.4 is 10.6 Å². The molecule has 1 amide bonds. The highest BCUT2D eigenvalue weighted by Gasteiger charge is 2.24. The predicted molar refractivity (Wildman–Crippen MR) is 64.5 cm³/mol. The van der Waals surface area contributed by atoms with Gasteiger partial charge in [0.15, 0.2) is 0 Å². The van der Waals surface area contributed by atoms with E-state index in [9.17, 15) is 4.79 Å². The molecule has 0 aromatic rings. The van der Waals surface area contributed by atoms with Gasteiger partial charge in [0.1, 0.15) is 5.60 Å². The van der Waals surface area contributed by atoms with Crippen molar-refractivity contribution in [2.24, 2.45) is 0 Å². The first kappa shape index (κ1) is 13.3. The van der Waals surface area contributed by atoms with Gasteiger partial charge in [-0.1, -0.05) is 6.92 Å². The van der Waals surface area contributed by atoms with Gasteiger partial charge in [-0.3, -0.25) is 0 Å². The lowest BCUT2D eigenvalue weighted by atomic mass is 10.2. The van der Waals surface area contributed by atoms with E-state index in [1.165, 1.54) is 12.8 Å². The first-order valence-corrected chi connectivity index (χ1v) is 6.13. The minimum atomic E-state index is -0.421. The number of ether oxygens (including phenoxy) is 1. The number of hydrogen-bond donors (Lipinski definition) is 2. The molecule has 1 aliphatic carbocycles. The zero-order chi connectivity index (χ0) is 12.2. The minimum Gasteiger partial charge on any atom is -0.444 e. The third kappa shape index (κ3) is 5.95. The van der Waals surface area contributed by atoms with Crippen LogP contribution in [0.2, 0.25) is 0 Å². The summed E-state index contributed by atoms with van der Waals surface area (Å²) in [5.74, 6) is 0. The molecule has 1 rings (SSSR count). The van der Waals surface area contributed by atoms with E-state index >= 15 is 0 Å². The van der Waals surface area contributed by atoms with Gasteiger partial charge in [0.05, 0.1) is 0 Å². The molecule has 1 atom stereocenters. The van der Waals surface area contributed by atoms with Crippen LogP contribution in [0.15, 0.2) is 0 Å². The molecule has 1 fully saturated rings. The Bertz CT molecular complexity index is 232. The van der Waals surface area contributed by atoms with E-state index in [4.69, 9.17) is 4.74 Å². The molecule has 0 radical (unpaired) electrons. The van der Waals surface area contributed by atoms with Gasteiger partial charge >= 0.3 is 6.09 Å². The van der Waals surface area contributed by atoms with Crippen LogP contribution in [0.3, 0.4) is 0 Å². The Morgan fingerprint density at radius 2 is 2.06 bits per heavy atom. The highest BCUT2D eigenvalue weighted by atomic mass is 16.6. The maximum absolute atomic E-state index is 11.4. The van der Waals surface area contributed by atoms with Crippen molar-refractivity contribution in [3.05, 3.63) is 0 Å². The Hall–Kier alpha value is -0.770. The summed E-state index contributed by atoms with van der Waals surface area (Å²) in [6.45, 7) is 8.36. The molecular weight excluding hydrogens is 204 g/mol. The number of carbonyl (C=O) groups excluding carboxylic acids is 1. The molecule has 4 nitrogen and oxygen atoms in total. The zero-order valence-electron chi connectivity index (χ0n) is 10.8. The molecule has 94 valence electrons. The smallest absolute Gasteiger partial charge is 0.407 e. The molecule has 0 spiro atoms. The lowest BCUT2D eigenvalue weighted by Crippen LogP contribution is -2.43. The number of nitrogens with one attached hydrogen (secondary N) is 2. The second kappa shape index (κ2) is 5.53. The molecule has 0 aromatic carbocycles. The summed E-state index contributed by atoms with van der Waals surface area (Å²) in [5, 5.41) is 6.29. The molecule has 16 heavy (non-hydrogen) atoms. The largest absolute Gasteiger partial charge is 0.444 e. The molecule has 2 N–H and O–H groups in total. The highest BCUT2D eigenvalue weighted by Crippen LogP contribution is 2.19. The van der Waals surface area contributed by atoms with Crippen LogP contribution in [0.5, 0.6) is 0 Å². The Morgan fingerprint density at radius 1 is 1.44 bits per heavy atom. The van der Waals surface area contributed by atoms with Crippen molar-refractivity contribution in [3.63, 3.8) is 0 Å². The van der Waals surface area contributed by atoms with Crippen molar-refractivity contribution in [3.8, 4) is 0 Å². The lowest BCUT2D eigenvalue weighted by molar-refractivity contribution is 0.0522. The van der Waals surface area contributed by atoms with Crippen LogP contribution in [0.25, 0.3) is 0 Å². The van der Waals surface area contributed by atoms with Gasteiger partial charge in [-0.15, -0.1) is 0 Å². The molecule has 4 heteroatoms. The van der Waals surface area contributed by atoms with Gasteiger partial charge in [-0.2, -0.15) is 0 Å². The Kier molecular flexibility index (Phi) is 4.59. The number of rotatable bonds is 5. The minimum absolute atomic E-state index is 0.330. The van der Waals surface area contributed by atoms with Crippen molar-refractivity contribution in [2.45, 2.75) is 64.6 Å². The quantitative estimate of drug-likeness (QED) is 0.757. The lowest BCUT2D eigenvalue weighted by Gasteiger charge is -2.22. The van der Waals surface area contributed by atoms with E-state index in [0.717, 1.165) is 6.42 Å². The summed E-state index contributed by atoms with van der Waals surface area (Å²) < 4.78 is 5.18. The maximum atomic E-state index is 11.4. The summed E-state index contributed by atoms with van der Waals surface area (Å²) in [7, 11) is 0. The summed E-state index contributed by atoms with van der Waals surface area (Å²) in [6, 6.07) is 1.03. The van der Waals surface area contributed by atoms with Crippen LogP contribution >= 0.6 is 0 Å².